The quantitative estimate of drug-likeness (QED) is 0.160. The van der Waals surface area contributed by atoms with Gasteiger partial charge < -0.3 is 4.90 Å². The first-order valence-electron chi connectivity index (χ1n) is 17.8. The molecule has 0 aliphatic heterocycles. The molecule has 8 aromatic carbocycles. The highest BCUT2D eigenvalue weighted by molar-refractivity contribution is 5.87. The van der Waals surface area contributed by atoms with Crippen LogP contribution in [0.15, 0.2) is 206 Å². The number of nitrogens with zero attached hydrogens (tertiary/aromatic N) is 4. The lowest BCUT2D eigenvalue weighted by Gasteiger charge is -2.25. The van der Waals surface area contributed by atoms with Crippen molar-refractivity contribution in [2.24, 2.45) is 0 Å². The fourth-order valence-corrected chi connectivity index (χ4v) is 6.77. The lowest BCUT2D eigenvalue weighted by atomic mass is 10.00. The molecule has 9 aromatic rings. The van der Waals surface area contributed by atoms with Crippen LogP contribution in [0.3, 0.4) is 0 Å². The van der Waals surface area contributed by atoms with Crippen molar-refractivity contribution in [3.63, 3.8) is 0 Å². The van der Waals surface area contributed by atoms with Crippen LogP contribution in [0.5, 0.6) is 0 Å². The minimum Gasteiger partial charge on any atom is -0.310 e. The van der Waals surface area contributed by atoms with Crippen LogP contribution in [0.4, 0.5) is 17.1 Å². The van der Waals surface area contributed by atoms with E-state index in [2.05, 4.69) is 193 Å². The third-order valence-electron chi connectivity index (χ3n) is 9.50. The van der Waals surface area contributed by atoms with Crippen LogP contribution in [0.2, 0.25) is 0 Å². The van der Waals surface area contributed by atoms with Gasteiger partial charge in [-0.25, -0.2) is 15.0 Å². The van der Waals surface area contributed by atoms with E-state index >= 15 is 0 Å². The van der Waals surface area contributed by atoms with Gasteiger partial charge in [-0.05, 0) is 75.5 Å². The van der Waals surface area contributed by atoms with Gasteiger partial charge in [0, 0.05) is 33.8 Å². The van der Waals surface area contributed by atoms with Crippen LogP contribution < -0.4 is 4.90 Å². The van der Waals surface area contributed by atoms with Crippen molar-refractivity contribution in [1.29, 1.82) is 0 Å². The van der Waals surface area contributed by atoms with Crippen molar-refractivity contribution in [3.05, 3.63) is 206 Å². The fraction of sp³-hybridized carbons (Fsp3) is 0. The summed E-state index contributed by atoms with van der Waals surface area (Å²) in [5, 5.41) is 2.45. The molecule has 4 nitrogen and oxygen atoms in total. The van der Waals surface area contributed by atoms with E-state index in [9.17, 15) is 0 Å². The molecule has 9 rings (SSSR count). The fourth-order valence-electron chi connectivity index (χ4n) is 6.77. The molecule has 0 fully saturated rings. The molecule has 0 aliphatic carbocycles. The number of aromatic nitrogens is 3. The second-order valence-electron chi connectivity index (χ2n) is 12.9. The van der Waals surface area contributed by atoms with Gasteiger partial charge in [-0.2, -0.15) is 0 Å². The first-order chi connectivity index (χ1) is 26.2. The van der Waals surface area contributed by atoms with Gasteiger partial charge >= 0.3 is 0 Å². The molecular weight excluding hydrogens is 645 g/mol. The van der Waals surface area contributed by atoms with Crippen LogP contribution in [0.25, 0.3) is 67.2 Å². The van der Waals surface area contributed by atoms with E-state index < -0.39 is 0 Å². The van der Waals surface area contributed by atoms with Crippen molar-refractivity contribution < 1.29 is 0 Å². The average molecular weight is 679 g/mol. The summed E-state index contributed by atoms with van der Waals surface area (Å²) >= 11 is 0. The summed E-state index contributed by atoms with van der Waals surface area (Å²) in [6.45, 7) is 0. The molecule has 0 radical (unpaired) electrons. The minimum absolute atomic E-state index is 0.610. The number of benzene rings is 8. The van der Waals surface area contributed by atoms with E-state index in [4.69, 9.17) is 15.0 Å². The van der Waals surface area contributed by atoms with Gasteiger partial charge in [-0.15, -0.1) is 0 Å². The Kier molecular flexibility index (Phi) is 8.53. The summed E-state index contributed by atoms with van der Waals surface area (Å²) in [7, 11) is 0. The largest absolute Gasteiger partial charge is 0.310 e. The van der Waals surface area contributed by atoms with Crippen LogP contribution in [0, 0.1) is 0 Å². The van der Waals surface area contributed by atoms with Crippen LogP contribution in [-0.2, 0) is 0 Å². The lowest BCUT2D eigenvalue weighted by molar-refractivity contribution is 1.07. The molecule has 0 unspecified atom stereocenters. The third kappa shape index (κ3) is 6.69. The predicted octanol–water partition coefficient (Wildman–Crippen LogP) is 12.8. The molecular formula is C49H34N4. The van der Waals surface area contributed by atoms with E-state index in [1.54, 1.807) is 0 Å². The molecule has 53 heavy (non-hydrogen) atoms. The SMILES string of the molecule is c1ccc(-c2ccc(-c3nc(-c4ccc(-c5ccc6ccccc6c5)cc4)nc(-c4cccc(N(c5ccccc5)c5ccccc5)c4)n3)cc2)cc1. The number of anilines is 3. The second kappa shape index (κ2) is 14.2. The molecule has 0 amide bonds. The highest BCUT2D eigenvalue weighted by Gasteiger charge is 2.16. The van der Waals surface area contributed by atoms with Gasteiger partial charge in [0.05, 0.1) is 0 Å². The van der Waals surface area contributed by atoms with E-state index in [0.717, 1.165) is 44.9 Å². The van der Waals surface area contributed by atoms with E-state index in [1.165, 1.54) is 21.9 Å². The Morgan fingerprint density at radius 2 is 0.642 bits per heavy atom. The normalized spacial score (nSPS) is 11.0. The van der Waals surface area contributed by atoms with E-state index in [0.29, 0.717) is 17.5 Å². The van der Waals surface area contributed by atoms with Crippen LogP contribution in [-0.4, -0.2) is 15.0 Å². The summed E-state index contributed by atoms with van der Waals surface area (Å²) in [6, 6.07) is 71.7. The summed E-state index contributed by atoms with van der Waals surface area (Å²) in [5.74, 6) is 1.85. The van der Waals surface area contributed by atoms with Gasteiger partial charge in [0.1, 0.15) is 0 Å². The summed E-state index contributed by atoms with van der Waals surface area (Å²) < 4.78 is 0. The number of rotatable bonds is 8. The minimum atomic E-state index is 0.610. The number of hydrogen-bond donors (Lipinski definition) is 0. The monoisotopic (exact) mass is 678 g/mol. The zero-order chi connectivity index (χ0) is 35.4. The molecule has 0 spiro atoms. The summed E-state index contributed by atoms with van der Waals surface area (Å²) in [4.78, 5) is 17.5. The third-order valence-corrected chi connectivity index (χ3v) is 9.50. The Morgan fingerprint density at radius 3 is 1.23 bits per heavy atom. The molecule has 1 heterocycles. The Hall–Kier alpha value is -7.17. The highest BCUT2D eigenvalue weighted by atomic mass is 15.1. The molecule has 0 saturated heterocycles. The Balaban J connectivity index is 1.14. The topological polar surface area (TPSA) is 41.9 Å². The average Bonchev–Trinajstić information content (AvgIpc) is 3.25. The van der Waals surface area contributed by atoms with Gasteiger partial charge in [0.15, 0.2) is 17.5 Å². The maximum atomic E-state index is 5.11. The standard InChI is InChI=1S/C49H34N4/c1-4-13-35(14-5-1)37-23-28-39(29-24-37)47-50-48(40-30-25-38(26-31-40)42-32-27-36-15-10-11-16-41(36)33-42)52-49(51-47)43-17-12-22-46(34-43)53(44-18-6-2-7-19-44)45-20-8-3-9-21-45/h1-34H. The number of fused-ring (bicyclic) bond motifs is 1. The zero-order valence-corrected chi connectivity index (χ0v) is 28.9. The first-order valence-corrected chi connectivity index (χ1v) is 17.8. The first kappa shape index (κ1) is 31.8. The van der Waals surface area contributed by atoms with Crippen LogP contribution in [0.1, 0.15) is 0 Å². The van der Waals surface area contributed by atoms with Gasteiger partial charge in [-0.1, -0.05) is 164 Å². The van der Waals surface area contributed by atoms with Gasteiger partial charge in [0.2, 0.25) is 0 Å². The van der Waals surface area contributed by atoms with Crippen molar-refractivity contribution in [3.8, 4) is 56.4 Å². The van der Waals surface area contributed by atoms with Gasteiger partial charge in [-0.3, -0.25) is 0 Å². The molecule has 1 aromatic heterocycles. The second-order valence-corrected chi connectivity index (χ2v) is 12.9. The molecule has 4 heteroatoms. The Labute approximate surface area is 309 Å². The Bertz CT molecular complexity index is 2600. The summed E-state index contributed by atoms with van der Waals surface area (Å²) in [5.41, 5.74) is 10.5. The van der Waals surface area contributed by atoms with Crippen molar-refractivity contribution in [2.75, 3.05) is 4.90 Å². The van der Waals surface area contributed by atoms with Crippen molar-refractivity contribution >= 4 is 27.8 Å². The number of para-hydroxylation sites is 2. The molecule has 0 N–H and O–H groups in total. The maximum absolute atomic E-state index is 5.11. The van der Waals surface area contributed by atoms with Gasteiger partial charge in [0.25, 0.3) is 0 Å². The smallest absolute Gasteiger partial charge is 0.164 e. The van der Waals surface area contributed by atoms with E-state index in [1.807, 2.05) is 18.2 Å². The van der Waals surface area contributed by atoms with Crippen molar-refractivity contribution in [1.82, 2.24) is 15.0 Å². The molecule has 0 saturated carbocycles. The number of hydrogen-bond acceptors (Lipinski definition) is 4. The molecule has 0 atom stereocenters. The zero-order valence-electron chi connectivity index (χ0n) is 28.9. The molecule has 0 aliphatic rings. The van der Waals surface area contributed by atoms with Crippen molar-refractivity contribution in [2.45, 2.75) is 0 Å². The maximum Gasteiger partial charge on any atom is 0.164 e. The van der Waals surface area contributed by atoms with E-state index in [-0.39, 0.29) is 0 Å². The lowest BCUT2D eigenvalue weighted by Crippen LogP contribution is -2.10. The van der Waals surface area contributed by atoms with Crippen LogP contribution >= 0.6 is 0 Å². The highest BCUT2D eigenvalue weighted by Crippen LogP contribution is 2.36. The predicted molar refractivity (Wildman–Crippen MR) is 219 cm³/mol. The summed E-state index contributed by atoms with van der Waals surface area (Å²) in [6.07, 6.45) is 0. The molecule has 250 valence electrons. The Morgan fingerprint density at radius 1 is 0.245 bits per heavy atom. The molecule has 0 bridgehead atoms.